The maximum atomic E-state index is 14.6. The number of anilines is 1. The number of nitrogens with zero attached hydrogens (tertiary/aromatic N) is 1. The van der Waals surface area contributed by atoms with E-state index in [1.807, 2.05) is 25.2 Å². The number of hydrogen-bond acceptors (Lipinski definition) is 3. The lowest BCUT2D eigenvalue weighted by Gasteiger charge is -2.31. The van der Waals surface area contributed by atoms with Gasteiger partial charge in [-0.05, 0) is 77.9 Å². The summed E-state index contributed by atoms with van der Waals surface area (Å²) in [5, 5.41) is 8.11. The molecule has 6 rings (SSSR count). The molecule has 6 aromatic carbocycles. The maximum absolute atomic E-state index is 14.6. The van der Waals surface area contributed by atoms with Gasteiger partial charge in [-0.25, -0.2) is 4.79 Å². The molecule has 0 fully saturated rings. The Bertz CT molecular complexity index is 1990. The van der Waals surface area contributed by atoms with Crippen LogP contribution in [-0.4, -0.2) is 26.0 Å². The highest BCUT2D eigenvalue weighted by Crippen LogP contribution is 2.43. The van der Waals surface area contributed by atoms with Gasteiger partial charge in [-0.2, -0.15) is 0 Å². The minimum absolute atomic E-state index is 0.0816. The number of methoxy groups -OCH3 is 1. The van der Waals surface area contributed by atoms with Crippen molar-refractivity contribution in [2.75, 3.05) is 19.1 Å². The second-order valence-electron chi connectivity index (χ2n) is 13.4. The molecule has 0 atom stereocenters. The minimum Gasteiger partial charge on any atom is -0.465 e. The molecule has 0 saturated heterocycles. The Kier molecular flexibility index (Phi) is 6.31. The smallest absolute Gasteiger partial charge is 0.338 e. The third-order valence-corrected chi connectivity index (χ3v) is 8.62. The van der Waals surface area contributed by atoms with Crippen molar-refractivity contribution in [2.24, 2.45) is 0 Å². The normalized spacial score (nSPS) is 12.5. The van der Waals surface area contributed by atoms with E-state index in [0.717, 1.165) is 49.1 Å². The summed E-state index contributed by atoms with van der Waals surface area (Å²) in [6.07, 6.45) is 0. The molecule has 0 aromatic heterocycles. The summed E-state index contributed by atoms with van der Waals surface area (Å²) >= 11 is 0. The van der Waals surface area contributed by atoms with E-state index in [4.69, 9.17) is 4.74 Å². The van der Waals surface area contributed by atoms with E-state index in [0.29, 0.717) is 16.5 Å². The summed E-state index contributed by atoms with van der Waals surface area (Å²) in [6, 6.07) is 26.8. The summed E-state index contributed by atoms with van der Waals surface area (Å²) in [5.74, 6) is -0.630. The first-order valence-electron chi connectivity index (χ1n) is 14.5. The van der Waals surface area contributed by atoms with E-state index in [2.05, 4.69) is 96.1 Å². The monoisotopic (exact) mass is 555 g/mol. The zero-order chi connectivity index (χ0) is 30.1. The molecule has 42 heavy (non-hydrogen) atoms. The van der Waals surface area contributed by atoms with Crippen molar-refractivity contribution in [3.8, 4) is 0 Å². The largest absolute Gasteiger partial charge is 0.465 e. The standard InChI is InChI=1S/C38H37NO3/c1-37(2,3)23-15-20-30(38(4,5)6)31(21-23)39(7)35(40)28-18-16-26-24-13-9-11-22-12-10-14-25(32(22)24)27-17-19-29(36(41)42-8)34(28)33(26)27/h9-21H,1-8H3. The number of ether oxygens (including phenoxy) is 1. The van der Waals surface area contributed by atoms with Crippen LogP contribution < -0.4 is 4.90 Å². The Morgan fingerprint density at radius 3 is 1.76 bits per heavy atom. The summed E-state index contributed by atoms with van der Waals surface area (Å²) in [6.45, 7) is 13.0. The predicted octanol–water partition coefficient (Wildman–Crippen LogP) is 9.40. The van der Waals surface area contributed by atoms with Crippen LogP contribution in [0.25, 0.3) is 43.1 Å². The zero-order valence-electron chi connectivity index (χ0n) is 25.7. The minimum atomic E-state index is -0.461. The predicted molar refractivity (Wildman–Crippen MR) is 176 cm³/mol. The first-order valence-corrected chi connectivity index (χ1v) is 14.5. The first kappa shape index (κ1) is 27.7. The lowest BCUT2D eigenvalue weighted by atomic mass is 9.80. The van der Waals surface area contributed by atoms with Gasteiger partial charge in [-0.3, -0.25) is 4.79 Å². The Labute approximate surface area is 247 Å². The molecule has 4 heteroatoms. The van der Waals surface area contributed by atoms with Crippen molar-refractivity contribution < 1.29 is 14.3 Å². The molecule has 4 nitrogen and oxygen atoms in total. The molecular weight excluding hydrogens is 518 g/mol. The second kappa shape index (κ2) is 9.55. The van der Waals surface area contributed by atoms with Gasteiger partial charge in [-0.15, -0.1) is 0 Å². The van der Waals surface area contributed by atoms with Crippen LogP contribution in [-0.2, 0) is 15.6 Å². The third-order valence-electron chi connectivity index (χ3n) is 8.62. The van der Waals surface area contributed by atoms with Crippen LogP contribution in [0.1, 0.15) is 73.4 Å². The topological polar surface area (TPSA) is 46.6 Å². The molecule has 0 N–H and O–H groups in total. The molecule has 0 aliphatic heterocycles. The van der Waals surface area contributed by atoms with Crippen molar-refractivity contribution in [1.82, 2.24) is 0 Å². The van der Waals surface area contributed by atoms with Gasteiger partial charge >= 0.3 is 5.97 Å². The van der Waals surface area contributed by atoms with Gasteiger partial charge in [0.2, 0.25) is 0 Å². The van der Waals surface area contributed by atoms with Gasteiger partial charge in [-0.1, -0.05) is 102 Å². The van der Waals surface area contributed by atoms with Crippen LogP contribution in [0.15, 0.2) is 78.9 Å². The average Bonchev–Trinajstić information content (AvgIpc) is 2.97. The van der Waals surface area contributed by atoms with Gasteiger partial charge in [0.05, 0.1) is 12.7 Å². The van der Waals surface area contributed by atoms with E-state index in [9.17, 15) is 9.59 Å². The summed E-state index contributed by atoms with van der Waals surface area (Å²) in [5.41, 5.74) is 3.72. The van der Waals surface area contributed by atoms with Crippen molar-refractivity contribution in [2.45, 2.75) is 52.4 Å². The number of amides is 1. The number of carbonyl (C=O) groups is 2. The molecular formula is C38H37NO3. The molecule has 0 aliphatic rings. The van der Waals surface area contributed by atoms with E-state index in [-0.39, 0.29) is 16.7 Å². The van der Waals surface area contributed by atoms with Gasteiger partial charge in [0.25, 0.3) is 5.91 Å². The fourth-order valence-corrected chi connectivity index (χ4v) is 6.39. The number of fused-ring (bicyclic) bond motifs is 2. The van der Waals surface area contributed by atoms with Crippen molar-refractivity contribution >= 4 is 60.7 Å². The number of hydrogen-bond donors (Lipinski definition) is 0. The Hall–Kier alpha value is -4.44. The van der Waals surface area contributed by atoms with Gasteiger partial charge < -0.3 is 9.64 Å². The SMILES string of the molecule is COC(=O)c1ccc2c3cccc4cccc(c5ccc(C(=O)N(C)c6cc(C(C)(C)C)ccc6C(C)(C)C)c1c25)c43. The zero-order valence-corrected chi connectivity index (χ0v) is 25.7. The molecule has 0 aliphatic carbocycles. The Balaban J connectivity index is 1.67. The van der Waals surface area contributed by atoms with Crippen LogP contribution in [0.4, 0.5) is 5.69 Å². The van der Waals surface area contributed by atoms with Gasteiger partial charge in [0, 0.05) is 23.7 Å². The van der Waals surface area contributed by atoms with Gasteiger partial charge in [0.1, 0.15) is 0 Å². The van der Waals surface area contributed by atoms with Gasteiger partial charge in [0.15, 0.2) is 0 Å². The number of carbonyl (C=O) groups excluding carboxylic acids is 2. The molecule has 0 saturated carbocycles. The lowest BCUT2D eigenvalue weighted by Crippen LogP contribution is -2.30. The van der Waals surface area contributed by atoms with Crippen LogP contribution in [0.5, 0.6) is 0 Å². The fraction of sp³-hybridized carbons (Fsp3) is 0.263. The summed E-state index contributed by atoms with van der Waals surface area (Å²) < 4.78 is 5.24. The molecule has 6 aromatic rings. The lowest BCUT2D eigenvalue weighted by molar-refractivity contribution is 0.0603. The molecule has 0 unspecified atom stereocenters. The van der Waals surface area contributed by atoms with Crippen molar-refractivity contribution in [3.05, 3.63) is 101 Å². The Morgan fingerprint density at radius 1 is 0.643 bits per heavy atom. The van der Waals surface area contributed by atoms with E-state index < -0.39 is 5.97 Å². The number of rotatable bonds is 3. The Morgan fingerprint density at radius 2 is 1.21 bits per heavy atom. The van der Waals surface area contributed by atoms with E-state index in [1.165, 1.54) is 12.5 Å². The molecule has 1 amide bonds. The quantitative estimate of drug-likeness (QED) is 0.124. The van der Waals surface area contributed by atoms with E-state index in [1.54, 1.807) is 11.0 Å². The van der Waals surface area contributed by atoms with Crippen LogP contribution in [0, 0.1) is 0 Å². The summed E-state index contributed by atoms with van der Waals surface area (Å²) in [7, 11) is 3.22. The second-order valence-corrected chi connectivity index (χ2v) is 13.4. The van der Waals surface area contributed by atoms with Crippen LogP contribution >= 0.6 is 0 Å². The molecule has 0 heterocycles. The molecule has 0 bridgehead atoms. The fourth-order valence-electron chi connectivity index (χ4n) is 6.39. The highest BCUT2D eigenvalue weighted by Gasteiger charge is 2.29. The van der Waals surface area contributed by atoms with E-state index >= 15 is 0 Å². The third kappa shape index (κ3) is 4.20. The highest BCUT2D eigenvalue weighted by molar-refractivity contribution is 6.36. The highest BCUT2D eigenvalue weighted by atomic mass is 16.5. The molecule has 212 valence electrons. The number of benzene rings is 6. The van der Waals surface area contributed by atoms with Crippen LogP contribution in [0.2, 0.25) is 0 Å². The maximum Gasteiger partial charge on any atom is 0.338 e. The van der Waals surface area contributed by atoms with Crippen molar-refractivity contribution in [3.63, 3.8) is 0 Å². The average molecular weight is 556 g/mol. The van der Waals surface area contributed by atoms with Crippen LogP contribution in [0.3, 0.4) is 0 Å². The number of esters is 1. The summed E-state index contributed by atoms with van der Waals surface area (Å²) in [4.78, 5) is 29.6. The molecule has 0 radical (unpaired) electrons. The molecule has 0 spiro atoms. The first-order chi connectivity index (χ1) is 19.8. The van der Waals surface area contributed by atoms with Crippen molar-refractivity contribution in [1.29, 1.82) is 0 Å².